The van der Waals surface area contributed by atoms with Crippen molar-refractivity contribution in [2.75, 3.05) is 231 Å². The maximum atomic E-state index is 13.6. The van der Waals surface area contributed by atoms with Gasteiger partial charge in [0.2, 0.25) is 0 Å². The molecule has 0 spiro atoms. The van der Waals surface area contributed by atoms with Crippen LogP contribution in [0, 0.1) is 68.1 Å². The fourth-order valence-corrected chi connectivity index (χ4v) is 22.2. The maximum Gasteiger partial charge on any atom is 0.146 e. The van der Waals surface area contributed by atoms with Crippen LogP contribution in [0.15, 0.2) is 200 Å². The molecule has 17 nitrogen and oxygen atoms in total. The second kappa shape index (κ2) is 60.4. The molecule has 148 heavy (non-hydrogen) atoms. The third-order valence-corrected chi connectivity index (χ3v) is 32.1. The third kappa shape index (κ3) is 37.2. The minimum absolute atomic E-state index is 0.111. The van der Waals surface area contributed by atoms with Crippen molar-refractivity contribution in [2.45, 2.75) is 287 Å². The van der Waals surface area contributed by atoms with Crippen molar-refractivity contribution < 1.29 is 9.13 Å². The van der Waals surface area contributed by atoms with Crippen molar-refractivity contribution in [2.24, 2.45) is 0 Å². The zero-order chi connectivity index (χ0) is 108. The molecular formula is C129H198ClFN16O. The van der Waals surface area contributed by atoms with Crippen LogP contribution in [0.4, 0.5) is 44.2 Å². The molecule has 19 heteroatoms. The SMILES string of the molecule is CC(C)N1CCN(c2ccccc2Cl)CC1.CC(C)N1CCN(c2ccccc2F)CC1.COc1cc(N2C(C)CN(C(C)C)CC2C)ccc1C.Cc1ccc(C2=CCN(C(C)C)CC2)cc1.Cc1ccc(N2CCN(C(C)C)CC2)c(C)c1.Cc1ccc(N2CCN(C(C)C)CC2)c(C)c1.Cc1ccc(N2CCN(C(C)C)CC2)cc1.Cc1ccc2c(c1)CCN(C(C)C)C2.Cc1ccccc1N1CCN(C(C)C)CC1. The van der Waals surface area contributed by atoms with Crippen LogP contribution in [-0.4, -0.2) is 307 Å². The fraction of sp³-hybridized carbons (Fsp3) is 0.566. The van der Waals surface area contributed by atoms with Gasteiger partial charge >= 0.3 is 0 Å². The van der Waals surface area contributed by atoms with Gasteiger partial charge in [0, 0.05) is 297 Å². The van der Waals surface area contributed by atoms with Gasteiger partial charge in [0.15, 0.2) is 0 Å². The fourth-order valence-electron chi connectivity index (χ4n) is 21.9. The normalized spacial score (nSPS) is 18.7. The zero-order valence-electron chi connectivity index (χ0n) is 97.9. The summed E-state index contributed by atoms with van der Waals surface area (Å²) in [5.41, 5.74) is 27.0. The summed E-state index contributed by atoms with van der Waals surface area (Å²) in [5.74, 6) is 0.869. The van der Waals surface area contributed by atoms with Crippen LogP contribution in [0.2, 0.25) is 5.02 Å². The first-order chi connectivity index (χ1) is 70.6. The molecule has 2 unspecified atom stereocenters. The topological polar surface area (TPSA) is 61.1 Å². The van der Waals surface area contributed by atoms with E-state index in [1.165, 1.54) is 185 Å². The molecule has 0 radical (unpaired) electrons. The van der Waals surface area contributed by atoms with E-state index >= 15 is 0 Å². The number of para-hydroxylation sites is 3. The van der Waals surface area contributed by atoms with E-state index in [1.54, 1.807) is 18.7 Å². The van der Waals surface area contributed by atoms with Gasteiger partial charge in [-0.25, -0.2) is 4.39 Å². The lowest BCUT2D eigenvalue weighted by Crippen LogP contribution is -2.58. The highest BCUT2D eigenvalue weighted by atomic mass is 35.5. The molecule has 9 aliphatic rings. The van der Waals surface area contributed by atoms with Gasteiger partial charge in [0.05, 0.1) is 23.5 Å². The number of fused-ring (bicyclic) bond motifs is 1. The van der Waals surface area contributed by atoms with Crippen molar-refractivity contribution in [1.82, 2.24) is 44.1 Å². The minimum Gasteiger partial charge on any atom is -0.496 e. The van der Waals surface area contributed by atoms with Crippen molar-refractivity contribution in [3.8, 4) is 5.75 Å². The predicted molar refractivity (Wildman–Crippen MR) is 642 cm³/mol. The average molecular weight is 2040 g/mol. The van der Waals surface area contributed by atoms with Gasteiger partial charge in [-0.15, -0.1) is 0 Å². The van der Waals surface area contributed by atoms with Gasteiger partial charge < -0.3 is 39.0 Å². The molecular weight excluding hydrogens is 1840 g/mol. The lowest BCUT2D eigenvalue weighted by Gasteiger charge is -2.47. The highest BCUT2D eigenvalue weighted by molar-refractivity contribution is 6.33. The summed E-state index contributed by atoms with van der Waals surface area (Å²) in [4.78, 5) is 39.8. The number of ether oxygens (including phenoxy) is 1. The van der Waals surface area contributed by atoms with E-state index < -0.39 is 0 Å². The molecule has 7 fully saturated rings. The van der Waals surface area contributed by atoms with E-state index in [2.05, 4.69) is 443 Å². The van der Waals surface area contributed by atoms with Crippen LogP contribution >= 0.6 is 11.6 Å². The summed E-state index contributed by atoms with van der Waals surface area (Å²) >= 11 is 6.20. The summed E-state index contributed by atoms with van der Waals surface area (Å²) < 4.78 is 19.0. The molecule has 7 saturated heterocycles. The Labute approximate surface area is 905 Å². The van der Waals surface area contributed by atoms with Gasteiger partial charge in [-0.3, -0.25) is 44.1 Å². The van der Waals surface area contributed by atoms with Crippen LogP contribution in [0.25, 0.3) is 5.57 Å². The van der Waals surface area contributed by atoms with E-state index in [0.29, 0.717) is 66.5 Å². The average Bonchev–Trinajstić information content (AvgIpc) is 0.789. The van der Waals surface area contributed by atoms with Crippen molar-refractivity contribution in [1.29, 1.82) is 0 Å². The number of nitrogens with zero attached hydrogens (tertiary/aromatic N) is 16. The molecule has 0 aromatic heterocycles. The van der Waals surface area contributed by atoms with Crippen molar-refractivity contribution in [3.05, 3.63) is 278 Å². The number of rotatable bonds is 18. The first-order valence-corrected chi connectivity index (χ1v) is 57.2. The number of anilines is 7. The Morgan fingerprint density at radius 2 is 0.615 bits per heavy atom. The standard InChI is InChI=1S/C17H28N2O.2C15H24N2.C15H21N.2C14H22N2.C13H19ClN2.C13H19FN2.C13H19N/c1-12(2)18-10-14(4)19(15(5)11-18)16-8-7-13(3)17(9-16)20-6;2*1-12(2)16-7-9-17(10-8-16)15-6-5-13(3)11-14(15)4;1-12(2)16-10-8-15(9-11-16)14-6-4-13(3)5-7-14;1-12(2)15-8-10-16(11-9-15)14-6-4-13(3)5-7-14;1-12(2)15-8-10-16(11-9-15)14-7-5-4-6-13(14)3;2*1-11(2)15-7-9-16(10-8-15)13-6-4-3-5-12(13)14;1-10(2)14-7-6-12-8-11(3)4-5-13(12)9-14/h7-9,12,14-15H,10-11H2,1-6H3;2*5-6,11-12H,7-10H2,1-4H3;4-8,12H,9-11H2,1-3H3;2*4-7,12H,8-11H2,1-3H3;2*3-6,11H,7-10H2,1-2H3;4-5,8,10H,6-7,9H2,1-3H3. The molecule has 814 valence electrons. The maximum absolute atomic E-state index is 13.6. The quantitative estimate of drug-likeness (QED) is 0.0818. The number of hydrogen-bond acceptors (Lipinski definition) is 17. The Bertz CT molecular complexity index is 5100. The van der Waals surface area contributed by atoms with Crippen LogP contribution in [-0.2, 0) is 13.0 Å². The van der Waals surface area contributed by atoms with Crippen LogP contribution in [0.3, 0.4) is 0 Å². The summed E-state index contributed by atoms with van der Waals surface area (Å²) in [6.45, 7) is 98.9. The van der Waals surface area contributed by atoms with Crippen molar-refractivity contribution >= 4 is 57.0 Å². The highest BCUT2D eigenvalue weighted by Crippen LogP contribution is 2.35. The number of piperazine rings is 7. The molecule has 0 saturated carbocycles. The molecule has 18 rings (SSSR count). The third-order valence-electron chi connectivity index (χ3n) is 31.8. The number of aryl methyl sites for hydroxylation is 9. The predicted octanol–water partition coefficient (Wildman–Crippen LogP) is 25.5. The zero-order valence-corrected chi connectivity index (χ0v) is 98.6. The lowest BCUT2D eigenvalue weighted by atomic mass is 9.97. The molecule has 9 aromatic carbocycles. The number of methoxy groups -OCH3 is 1. The molecule has 9 aromatic rings. The second-order valence-corrected chi connectivity index (χ2v) is 46.0. The molecule has 0 aliphatic carbocycles. The largest absolute Gasteiger partial charge is 0.496 e. The lowest BCUT2D eigenvalue weighted by molar-refractivity contribution is 0.161. The summed E-state index contributed by atoms with van der Waals surface area (Å²) in [7, 11) is 1.75. The number of halogens is 2. The van der Waals surface area contributed by atoms with Crippen LogP contribution < -0.4 is 39.0 Å². The van der Waals surface area contributed by atoms with Gasteiger partial charge in [0.1, 0.15) is 11.6 Å². The number of benzene rings is 9. The van der Waals surface area contributed by atoms with Crippen LogP contribution in [0.5, 0.6) is 5.75 Å². The van der Waals surface area contributed by atoms with Gasteiger partial charge in [-0.1, -0.05) is 173 Å². The summed E-state index contributed by atoms with van der Waals surface area (Å²) in [6.07, 6.45) is 4.78. The summed E-state index contributed by atoms with van der Waals surface area (Å²) in [6, 6.07) is 75.5. The van der Waals surface area contributed by atoms with Gasteiger partial charge in [-0.2, -0.15) is 0 Å². The first-order valence-electron chi connectivity index (χ1n) is 56.8. The van der Waals surface area contributed by atoms with E-state index in [-0.39, 0.29) is 5.82 Å². The Morgan fingerprint density at radius 3 is 1.00 bits per heavy atom. The van der Waals surface area contributed by atoms with E-state index in [0.717, 1.165) is 147 Å². The van der Waals surface area contributed by atoms with Crippen molar-refractivity contribution in [3.63, 3.8) is 0 Å². The van der Waals surface area contributed by atoms with E-state index in [1.807, 2.05) is 24.3 Å². The minimum atomic E-state index is -0.111. The smallest absolute Gasteiger partial charge is 0.146 e. The Morgan fingerprint density at radius 1 is 0.277 bits per heavy atom. The van der Waals surface area contributed by atoms with Gasteiger partial charge in [-0.05, 0) is 319 Å². The highest BCUT2D eigenvalue weighted by Gasteiger charge is 2.33. The number of hydrogen-bond donors (Lipinski definition) is 0. The Hall–Kier alpha value is -9.02. The molecule has 0 N–H and O–H groups in total. The van der Waals surface area contributed by atoms with Gasteiger partial charge in [0.25, 0.3) is 0 Å². The van der Waals surface area contributed by atoms with E-state index in [9.17, 15) is 4.39 Å². The molecule has 9 aliphatic heterocycles. The van der Waals surface area contributed by atoms with Crippen LogP contribution in [0.1, 0.15) is 212 Å². The molecule has 0 amide bonds. The molecule has 0 bridgehead atoms. The Kier molecular flexibility index (Phi) is 49.3. The first kappa shape index (κ1) is 121. The monoisotopic (exact) mass is 2040 g/mol. The summed E-state index contributed by atoms with van der Waals surface area (Å²) in [5, 5.41) is 0.862. The molecule has 9 heterocycles. The second-order valence-electron chi connectivity index (χ2n) is 45.6. The Balaban J connectivity index is 0.000000171. The van der Waals surface area contributed by atoms with E-state index in [4.69, 9.17) is 16.3 Å². The molecule has 2 atom stereocenters.